The molecule has 0 amide bonds. The van der Waals surface area contributed by atoms with Gasteiger partial charge in [-0.25, -0.2) is 0 Å². The number of hydrogen-bond donors (Lipinski definition) is 0. The molecular weight excluding hydrogens is 180 g/mol. The van der Waals surface area contributed by atoms with E-state index in [1.54, 1.807) is 0 Å². The van der Waals surface area contributed by atoms with Gasteiger partial charge >= 0.3 is 0 Å². The van der Waals surface area contributed by atoms with E-state index in [1.165, 1.54) is 0 Å². The fourth-order valence-electron chi connectivity index (χ4n) is 1.56. The third kappa shape index (κ3) is 4.40. The summed E-state index contributed by atoms with van der Waals surface area (Å²) in [6.45, 7) is 8.10. The highest BCUT2D eigenvalue weighted by Crippen LogP contribution is 2.22. The number of rotatable bonds is 4. The van der Waals surface area contributed by atoms with Crippen LogP contribution >= 0.6 is 0 Å². The Morgan fingerprint density at radius 1 is 0.929 bits per heavy atom. The lowest BCUT2D eigenvalue weighted by Gasteiger charge is -2.31. The summed E-state index contributed by atoms with van der Waals surface area (Å²) in [5.74, 6) is 0. The molecule has 0 aromatic carbocycles. The summed E-state index contributed by atoms with van der Waals surface area (Å²) in [5.41, 5.74) is 0. The van der Waals surface area contributed by atoms with Gasteiger partial charge in [-0.2, -0.15) is 0 Å². The van der Waals surface area contributed by atoms with Crippen molar-refractivity contribution in [2.45, 2.75) is 71.7 Å². The summed E-state index contributed by atoms with van der Waals surface area (Å²) in [6, 6.07) is 0. The largest absolute Gasteiger partial charge is 0.350 e. The van der Waals surface area contributed by atoms with Crippen LogP contribution in [-0.2, 0) is 14.2 Å². The van der Waals surface area contributed by atoms with Crippen molar-refractivity contribution < 1.29 is 14.2 Å². The SMILES string of the molecule is CC(C)OC1CCCC(OC(C)C)O1. The van der Waals surface area contributed by atoms with Crippen molar-refractivity contribution in [2.75, 3.05) is 0 Å². The molecule has 14 heavy (non-hydrogen) atoms. The van der Waals surface area contributed by atoms with Gasteiger partial charge in [0, 0.05) is 0 Å². The smallest absolute Gasteiger partial charge is 0.161 e. The number of ether oxygens (including phenoxy) is 3. The summed E-state index contributed by atoms with van der Waals surface area (Å²) < 4.78 is 16.9. The first-order valence-electron chi connectivity index (χ1n) is 5.54. The van der Waals surface area contributed by atoms with E-state index in [2.05, 4.69) is 0 Å². The van der Waals surface area contributed by atoms with Crippen LogP contribution in [0.1, 0.15) is 47.0 Å². The van der Waals surface area contributed by atoms with Crippen LogP contribution in [0.25, 0.3) is 0 Å². The van der Waals surface area contributed by atoms with Crippen LogP contribution in [0.15, 0.2) is 0 Å². The van der Waals surface area contributed by atoms with E-state index >= 15 is 0 Å². The first-order chi connectivity index (χ1) is 6.58. The van der Waals surface area contributed by atoms with Crippen molar-refractivity contribution in [3.05, 3.63) is 0 Å². The highest BCUT2D eigenvalue weighted by molar-refractivity contribution is 4.60. The highest BCUT2D eigenvalue weighted by Gasteiger charge is 2.24. The van der Waals surface area contributed by atoms with Crippen LogP contribution in [0.4, 0.5) is 0 Å². The van der Waals surface area contributed by atoms with Gasteiger partial charge < -0.3 is 14.2 Å². The Balaban J connectivity index is 2.28. The van der Waals surface area contributed by atoms with E-state index in [9.17, 15) is 0 Å². The fourth-order valence-corrected chi connectivity index (χ4v) is 1.56. The lowest BCUT2D eigenvalue weighted by Crippen LogP contribution is -2.34. The molecule has 0 aromatic rings. The van der Waals surface area contributed by atoms with Crippen LogP contribution in [0.5, 0.6) is 0 Å². The minimum absolute atomic E-state index is 0.0764. The molecule has 0 N–H and O–H groups in total. The summed E-state index contributed by atoms with van der Waals surface area (Å²) >= 11 is 0. The highest BCUT2D eigenvalue weighted by atomic mass is 16.8. The van der Waals surface area contributed by atoms with Gasteiger partial charge in [0.2, 0.25) is 0 Å². The minimum atomic E-state index is -0.0764. The molecule has 1 aliphatic rings. The number of hydrogen-bond acceptors (Lipinski definition) is 3. The van der Waals surface area contributed by atoms with Gasteiger partial charge in [0.05, 0.1) is 12.2 Å². The second kappa shape index (κ2) is 5.69. The molecule has 0 saturated carbocycles. The van der Waals surface area contributed by atoms with Crippen molar-refractivity contribution in [3.8, 4) is 0 Å². The van der Waals surface area contributed by atoms with Crippen LogP contribution in [-0.4, -0.2) is 24.8 Å². The van der Waals surface area contributed by atoms with Crippen LogP contribution in [0.2, 0.25) is 0 Å². The lowest BCUT2D eigenvalue weighted by atomic mass is 10.2. The standard InChI is InChI=1S/C11H22O3/c1-8(2)12-10-6-5-7-11(14-10)13-9(3)4/h8-11H,5-7H2,1-4H3. The Morgan fingerprint density at radius 3 is 1.71 bits per heavy atom. The molecule has 1 rings (SSSR count). The van der Waals surface area contributed by atoms with Crippen LogP contribution in [0.3, 0.4) is 0 Å². The van der Waals surface area contributed by atoms with Gasteiger partial charge in [0.25, 0.3) is 0 Å². The summed E-state index contributed by atoms with van der Waals surface area (Å²) in [7, 11) is 0. The molecule has 84 valence electrons. The van der Waals surface area contributed by atoms with E-state index < -0.39 is 0 Å². The molecule has 2 unspecified atom stereocenters. The Labute approximate surface area is 86.7 Å². The van der Waals surface area contributed by atoms with Crippen molar-refractivity contribution >= 4 is 0 Å². The molecule has 0 radical (unpaired) electrons. The Kier molecular flexibility index (Phi) is 4.85. The van der Waals surface area contributed by atoms with E-state index in [1.807, 2.05) is 27.7 Å². The molecule has 0 bridgehead atoms. The van der Waals surface area contributed by atoms with Gasteiger partial charge in [-0.1, -0.05) is 0 Å². The molecule has 1 heterocycles. The van der Waals surface area contributed by atoms with Gasteiger partial charge in [-0.3, -0.25) is 0 Å². The van der Waals surface area contributed by atoms with Crippen molar-refractivity contribution in [2.24, 2.45) is 0 Å². The van der Waals surface area contributed by atoms with Crippen molar-refractivity contribution in [1.82, 2.24) is 0 Å². The minimum Gasteiger partial charge on any atom is -0.350 e. The van der Waals surface area contributed by atoms with Gasteiger partial charge in [0.15, 0.2) is 12.6 Å². The first kappa shape index (κ1) is 12.0. The zero-order valence-electron chi connectivity index (χ0n) is 9.66. The molecule has 0 aromatic heterocycles. The third-order valence-electron chi connectivity index (χ3n) is 2.03. The third-order valence-corrected chi connectivity index (χ3v) is 2.03. The van der Waals surface area contributed by atoms with E-state index in [4.69, 9.17) is 14.2 Å². The zero-order valence-corrected chi connectivity index (χ0v) is 9.66. The van der Waals surface area contributed by atoms with Crippen molar-refractivity contribution in [1.29, 1.82) is 0 Å². The Morgan fingerprint density at radius 2 is 1.36 bits per heavy atom. The molecule has 1 saturated heterocycles. The maximum atomic E-state index is 5.66. The van der Waals surface area contributed by atoms with E-state index in [0.29, 0.717) is 0 Å². The monoisotopic (exact) mass is 202 g/mol. The second-order valence-corrected chi connectivity index (χ2v) is 4.30. The maximum absolute atomic E-state index is 5.66. The Bertz CT molecular complexity index is 141. The lowest BCUT2D eigenvalue weighted by molar-refractivity contribution is -0.283. The normalized spacial score (nSPS) is 28.7. The van der Waals surface area contributed by atoms with Gasteiger partial charge in [-0.15, -0.1) is 0 Å². The molecule has 3 heteroatoms. The van der Waals surface area contributed by atoms with Crippen LogP contribution < -0.4 is 0 Å². The maximum Gasteiger partial charge on any atom is 0.161 e. The van der Waals surface area contributed by atoms with E-state index in [0.717, 1.165) is 19.3 Å². The Hall–Kier alpha value is -0.120. The second-order valence-electron chi connectivity index (χ2n) is 4.30. The average Bonchev–Trinajstić information content (AvgIpc) is 2.01. The quantitative estimate of drug-likeness (QED) is 0.701. The summed E-state index contributed by atoms with van der Waals surface area (Å²) in [6.07, 6.45) is 3.37. The summed E-state index contributed by atoms with van der Waals surface area (Å²) in [5, 5.41) is 0. The zero-order chi connectivity index (χ0) is 10.6. The molecule has 1 fully saturated rings. The molecule has 0 spiro atoms. The summed E-state index contributed by atoms with van der Waals surface area (Å²) in [4.78, 5) is 0. The molecule has 0 aliphatic carbocycles. The van der Waals surface area contributed by atoms with Crippen LogP contribution in [0, 0.1) is 0 Å². The predicted molar refractivity (Wildman–Crippen MR) is 55.0 cm³/mol. The molecular formula is C11H22O3. The predicted octanol–water partition coefficient (Wildman–Crippen LogP) is 2.69. The molecule has 3 nitrogen and oxygen atoms in total. The van der Waals surface area contributed by atoms with Gasteiger partial charge in [0.1, 0.15) is 0 Å². The van der Waals surface area contributed by atoms with E-state index in [-0.39, 0.29) is 24.8 Å². The topological polar surface area (TPSA) is 27.7 Å². The molecule has 2 atom stereocenters. The first-order valence-corrected chi connectivity index (χ1v) is 5.54. The van der Waals surface area contributed by atoms with Gasteiger partial charge in [-0.05, 0) is 47.0 Å². The van der Waals surface area contributed by atoms with Crippen molar-refractivity contribution in [3.63, 3.8) is 0 Å². The average molecular weight is 202 g/mol. The fraction of sp³-hybridized carbons (Fsp3) is 1.00. The molecule has 1 aliphatic heterocycles.